The zero-order valence-electron chi connectivity index (χ0n) is 10.8. The summed E-state index contributed by atoms with van der Waals surface area (Å²) < 4.78 is 1.02. The van der Waals surface area contributed by atoms with E-state index in [4.69, 9.17) is 0 Å². The van der Waals surface area contributed by atoms with E-state index in [0.29, 0.717) is 6.54 Å². The number of likely N-dealkylation sites (N-methyl/N-ethyl adjacent to an activating group) is 1. The van der Waals surface area contributed by atoms with Gasteiger partial charge < -0.3 is 5.11 Å². The van der Waals surface area contributed by atoms with Crippen molar-refractivity contribution in [2.75, 3.05) is 13.7 Å². The topological polar surface area (TPSA) is 36.4 Å². The van der Waals surface area contributed by atoms with Crippen molar-refractivity contribution in [3.8, 4) is 0 Å². The van der Waals surface area contributed by atoms with Crippen LogP contribution in [0.4, 0.5) is 0 Å². The average Bonchev–Trinajstić information content (AvgIpc) is 2.41. The number of benzene rings is 1. The average molecular weight is 321 g/mol. The molecule has 1 aromatic carbocycles. The van der Waals surface area contributed by atoms with E-state index in [1.54, 1.807) is 6.20 Å². The number of pyridine rings is 1. The molecule has 4 heteroatoms. The van der Waals surface area contributed by atoms with Crippen molar-refractivity contribution in [2.24, 2.45) is 0 Å². The number of aromatic nitrogens is 1. The third kappa shape index (κ3) is 3.86. The van der Waals surface area contributed by atoms with Crippen molar-refractivity contribution in [1.82, 2.24) is 9.88 Å². The molecule has 0 aliphatic carbocycles. The lowest BCUT2D eigenvalue weighted by Gasteiger charge is -2.26. The summed E-state index contributed by atoms with van der Waals surface area (Å²) in [6, 6.07) is 13.9. The molecule has 2 rings (SSSR count). The van der Waals surface area contributed by atoms with Gasteiger partial charge in [-0.25, -0.2) is 0 Å². The summed E-state index contributed by atoms with van der Waals surface area (Å²) in [7, 11) is 2.00. The third-order valence-corrected chi connectivity index (χ3v) is 3.57. The molecule has 0 aliphatic rings. The first-order chi connectivity index (χ1) is 9.20. The lowest BCUT2D eigenvalue weighted by molar-refractivity contribution is 0.141. The molecule has 0 bridgehead atoms. The third-order valence-electron chi connectivity index (χ3n) is 3.08. The van der Waals surface area contributed by atoms with E-state index >= 15 is 0 Å². The Bertz CT molecular complexity index is 519. The fraction of sp³-hybridized carbons (Fsp3) is 0.267. The Kier molecular flexibility index (Phi) is 5.07. The lowest BCUT2D eigenvalue weighted by atomic mass is 10.1. The highest BCUT2D eigenvalue weighted by molar-refractivity contribution is 9.10. The molecule has 0 saturated carbocycles. The second-order valence-corrected chi connectivity index (χ2v) is 5.41. The largest absolute Gasteiger partial charge is 0.394 e. The summed E-state index contributed by atoms with van der Waals surface area (Å²) in [4.78, 5) is 6.42. The van der Waals surface area contributed by atoms with Crippen LogP contribution in [-0.4, -0.2) is 28.6 Å². The van der Waals surface area contributed by atoms with Gasteiger partial charge in [0.05, 0.1) is 18.3 Å². The van der Waals surface area contributed by atoms with Crippen molar-refractivity contribution in [2.45, 2.75) is 12.6 Å². The molecule has 0 unspecified atom stereocenters. The minimum atomic E-state index is -0.0282. The first-order valence-corrected chi connectivity index (χ1v) is 6.96. The zero-order chi connectivity index (χ0) is 13.7. The van der Waals surface area contributed by atoms with Gasteiger partial charge in [-0.2, -0.15) is 0 Å². The van der Waals surface area contributed by atoms with Crippen LogP contribution in [0.5, 0.6) is 0 Å². The summed E-state index contributed by atoms with van der Waals surface area (Å²) in [6.45, 7) is 0.790. The second kappa shape index (κ2) is 6.80. The highest BCUT2D eigenvalue weighted by Crippen LogP contribution is 2.23. The predicted molar refractivity (Wildman–Crippen MR) is 79.7 cm³/mol. The summed E-state index contributed by atoms with van der Waals surface area (Å²) >= 11 is 3.46. The molecule has 3 nitrogen and oxygen atoms in total. The maximum atomic E-state index is 9.64. The maximum absolute atomic E-state index is 9.64. The minimum Gasteiger partial charge on any atom is -0.394 e. The first-order valence-electron chi connectivity index (χ1n) is 6.17. The van der Waals surface area contributed by atoms with Gasteiger partial charge in [0, 0.05) is 17.2 Å². The van der Waals surface area contributed by atoms with Gasteiger partial charge in [0.15, 0.2) is 0 Å². The lowest BCUT2D eigenvalue weighted by Crippen LogP contribution is -2.27. The van der Waals surface area contributed by atoms with E-state index in [1.807, 2.05) is 49.5 Å². The van der Waals surface area contributed by atoms with Crippen LogP contribution in [0.3, 0.4) is 0 Å². The minimum absolute atomic E-state index is 0.0282. The molecule has 0 fully saturated rings. The number of aliphatic hydroxyl groups is 1. The van der Waals surface area contributed by atoms with E-state index in [9.17, 15) is 5.11 Å². The van der Waals surface area contributed by atoms with Gasteiger partial charge in [0.25, 0.3) is 0 Å². The SMILES string of the molecule is CN(Cc1ccccn1)[C@H](CO)c1cccc(Br)c1. The summed E-state index contributed by atoms with van der Waals surface area (Å²) in [6.07, 6.45) is 1.79. The van der Waals surface area contributed by atoms with Crippen molar-refractivity contribution >= 4 is 15.9 Å². The van der Waals surface area contributed by atoms with Crippen molar-refractivity contribution in [3.05, 3.63) is 64.4 Å². The molecule has 2 aromatic rings. The summed E-state index contributed by atoms with van der Waals surface area (Å²) in [5.41, 5.74) is 2.09. The Morgan fingerprint density at radius 3 is 2.74 bits per heavy atom. The van der Waals surface area contributed by atoms with E-state index < -0.39 is 0 Å². The Morgan fingerprint density at radius 1 is 1.26 bits per heavy atom. The van der Waals surface area contributed by atoms with Crippen molar-refractivity contribution in [3.63, 3.8) is 0 Å². The maximum Gasteiger partial charge on any atom is 0.0628 e. The molecule has 19 heavy (non-hydrogen) atoms. The van der Waals surface area contributed by atoms with Crippen LogP contribution < -0.4 is 0 Å². The van der Waals surface area contributed by atoms with E-state index in [2.05, 4.69) is 25.8 Å². The molecular weight excluding hydrogens is 304 g/mol. The van der Waals surface area contributed by atoms with Crippen LogP contribution in [0.25, 0.3) is 0 Å². The summed E-state index contributed by atoms with van der Waals surface area (Å²) in [5.74, 6) is 0. The van der Waals surface area contributed by atoms with Gasteiger partial charge in [-0.05, 0) is 36.9 Å². The van der Waals surface area contributed by atoms with Crippen LogP contribution in [0.1, 0.15) is 17.3 Å². The highest BCUT2D eigenvalue weighted by Gasteiger charge is 2.16. The number of nitrogens with zero attached hydrogens (tertiary/aromatic N) is 2. The molecule has 1 N–H and O–H groups in total. The number of rotatable bonds is 5. The summed E-state index contributed by atoms with van der Waals surface area (Å²) in [5, 5.41) is 9.64. The van der Waals surface area contributed by atoms with E-state index in [-0.39, 0.29) is 12.6 Å². The quantitative estimate of drug-likeness (QED) is 0.920. The van der Waals surface area contributed by atoms with Crippen molar-refractivity contribution in [1.29, 1.82) is 0 Å². The molecule has 1 atom stereocenters. The molecule has 1 heterocycles. The van der Waals surface area contributed by atoms with Gasteiger partial charge in [0.2, 0.25) is 0 Å². The van der Waals surface area contributed by atoms with Gasteiger partial charge in [0.1, 0.15) is 0 Å². The van der Waals surface area contributed by atoms with Crippen LogP contribution in [0, 0.1) is 0 Å². The number of halogens is 1. The number of hydrogen-bond acceptors (Lipinski definition) is 3. The monoisotopic (exact) mass is 320 g/mol. The molecule has 0 radical (unpaired) electrons. The number of aliphatic hydroxyl groups excluding tert-OH is 1. The smallest absolute Gasteiger partial charge is 0.0628 e. The van der Waals surface area contributed by atoms with Gasteiger partial charge in [-0.15, -0.1) is 0 Å². The zero-order valence-corrected chi connectivity index (χ0v) is 12.4. The highest BCUT2D eigenvalue weighted by atomic mass is 79.9. The standard InChI is InChI=1S/C15H17BrN2O/c1-18(10-14-7-2-3-8-17-14)15(11-19)12-5-4-6-13(16)9-12/h2-9,15,19H,10-11H2,1H3/t15-/m1/s1. The fourth-order valence-electron chi connectivity index (χ4n) is 2.07. The fourth-order valence-corrected chi connectivity index (χ4v) is 2.49. The molecule has 0 amide bonds. The van der Waals surface area contributed by atoms with Gasteiger partial charge in [-0.1, -0.05) is 34.1 Å². The van der Waals surface area contributed by atoms with Gasteiger partial charge >= 0.3 is 0 Å². The predicted octanol–water partition coefficient (Wildman–Crippen LogP) is 3.01. The molecule has 0 saturated heterocycles. The molecule has 0 aliphatic heterocycles. The Balaban J connectivity index is 2.13. The molecule has 1 aromatic heterocycles. The Morgan fingerprint density at radius 2 is 2.11 bits per heavy atom. The first kappa shape index (κ1) is 14.2. The Hall–Kier alpha value is -1.23. The Labute approximate surface area is 122 Å². The molecule has 0 spiro atoms. The van der Waals surface area contributed by atoms with Crippen LogP contribution >= 0.6 is 15.9 Å². The normalized spacial score (nSPS) is 12.6. The van der Waals surface area contributed by atoms with E-state index in [0.717, 1.165) is 15.7 Å². The van der Waals surface area contributed by atoms with Crippen LogP contribution in [0.15, 0.2) is 53.1 Å². The molecular formula is C15H17BrN2O. The second-order valence-electron chi connectivity index (χ2n) is 4.49. The van der Waals surface area contributed by atoms with Gasteiger partial charge in [-0.3, -0.25) is 9.88 Å². The van der Waals surface area contributed by atoms with Crippen molar-refractivity contribution < 1.29 is 5.11 Å². The van der Waals surface area contributed by atoms with Crippen LogP contribution in [-0.2, 0) is 6.54 Å². The van der Waals surface area contributed by atoms with Crippen LogP contribution in [0.2, 0.25) is 0 Å². The van der Waals surface area contributed by atoms with E-state index in [1.165, 1.54) is 0 Å². The number of hydrogen-bond donors (Lipinski definition) is 1. The molecule has 100 valence electrons.